The van der Waals surface area contributed by atoms with Crippen LogP contribution < -0.4 is 24.0 Å². The first-order valence-electron chi connectivity index (χ1n) is 8.67. The van der Waals surface area contributed by atoms with Crippen molar-refractivity contribution in [2.75, 3.05) is 27.2 Å². The molecule has 130 valence electrons. The average molecular weight is 436 g/mol. The lowest BCUT2D eigenvalue weighted by molar-refractivity contribution is -0.920. The summed E-state index contributed by atoms with van der Waals surface area (Å²) in [6, 6.07) is 23.4. The summed E-state index contributed by atoms with van der Waals surface area (Å²) in [4.78, 5) is 2.69. The molecule has 2 unspecified atom stereocenters. The van der Waals surface area contributed by atoms with E-state index in [1.807, 2.05) is 0 Å². The zero-order chi connectivity index (χ0) is 16.4. The van der Waals surface area contributed by atoms with Gasteiger partial charge in [-0.05, 0) is 25.0 Å². The topological polar surface area (TPSA) is 3.24 Å². The van der Waals surface area contributed by atoms with E-state index in [1.165, 1.54) is 17.7 Å². The zero-order valence-electron chi connectivity index (χ0n) is 15.2. The standard InChI is InChI=1S/C21H29N2.HI/c1-17-16-23(3,4)18(2)15-22(17)21(19-11-7-5-8-12-19)20-13-9-6-10-14-20;/h5-14,17-18,21H,15-16H2,1-4H3;1H/q+1;/p-1. The molecule has 0 spiro atoms. The van der Waals surface area contributed by atoms with Gasteiger partial charge < -0.3 is 28.5 Å². The van der Waals surface area contributed by atoms with Crippen molar-refractivity contribution in [2.45, 2.75) is 32.0 Å². The van der Waals surface area contributed by atoms with Crippen LogP contribution in [-0.4, -0.2) is 48.7 Å². The molecule has 1 fully saturated rings. The summed E-state index contributed by atoms with van der Waals surface area (Å²) in [6.45, 7) is 7.08. The summed E-state index contributed by atoms with van der Waals surface area (Å²) in [7, 11) is 4.72. The van der Waals surface area contributed by atoms with E-state index in [0.717, 1.165) is 11.0 Å². The molecule has 0 bridgehead atoms. The van der Waals surface area contributed by atoms with Gasteiger partial charge in [0.1, 0.15) is 0 Å². The van der Waals surface area contributed by atoms with Crippen molar-refractivity contribution in [3.05, 3.63) is 71.8 Å². The summed E-state index contributed by atoms with van der Waals surface area (Å²) in [5.41, 5.74) is 2.79. The second kappa shape index (κ2) is 7.98. The summed E-state index contributed by atoms with van der Waals surface area (Å²) in [5, 5.41) is 0. The average Bonchev–Trinajstić information content (AvgIpc) is 2.54. The first-order chi connectivity index (χ1) is 11.0. The number of hydrogen-bond donors (Lipinski definition) is 0. The van der Waals surface area contributed by atoms with Crippen molar-refractivity contribution in [1.29, 1.82) is 0 Å². The molecule has 2 nitrogen and oxygen atoms in total. The fraction of sp³-hybridized carbons (Fsp3) is 0.429. The number of halogens is 1. The third kappa shape index (κ3) is 4.01. The fourth-order valence-electron chi connectivity index (χ4n) is 3.88. The van der Waals surface area contributed by atoms with Gasteiger partial charge >= 0.3 is 0 Å². The lowest BCUT2D eigenvalue weighted by Crippen LogP contribution is -3.00. The first kappa shape index (κ1) is 19.4. The van der Waals surface area contributed by atoms with Crippen molar-refractivity contribution in [2.24, 2.45) is 0 Å². The number of piperazine rings is 1. The molecular weight excluding hydrogens is 407 g/mol. The van der Waals surface area contributed by atoms with Gasteiger partial charge in [0.25, 0.3) is 0 Å². The van der Waals surface area contributed by atoms with E-state index >= 15 is 0 Å². The molecule has 1 heterocycles. The number of hydrogen-bond acceptors (Lipinski definition) is 1. The molecule has 0 N–H and O–H groups in total. The minimum atomic E-state index is 0. The largest absolute Gasteiger partial charge is 1.00 e. The Kier molecular flexibility index (Phi) is 6.46. The Morgan fingerprint density at radius 2 is 1.33 bits per heavy atom. The summed E-state index contributed by atoms with van der Waals surface area (Å²) >= 11 is 0. The van der Waals surface area contributed by atoms with Gasteiger partial charge in [0, 0.05) is 0 Å². The molecule has 2 aromatic rings. The summed E-state index contributed by atoms with van der Waals surface area (Å²) < 4.78 is 1.11. The number of likely N-dealkylation sites (N-methyl/N-ethyl adjacent to an activating group) is 1. The first-order valence-corrected chi connectivity index (χ1v) is 8.67. The Labute approximate surface area is 164 Å². The second-order valence-electron chi connectivity index (χ2n) is 7.58. The highest BCUT2D eigenvalue weighted by Gasteiger charge is 2.40. The number of rotatable bonds is 3. The van der Waals surface area contributed by atoms with Crippen LogP contribution in [0.5, 0.6) is 0 Å². The van der Waals surface area contributed by atoms with E-state index in [9.17, 15) is 0 Å². The highest BCUT2D eigenvalue weighted by Crippen LogP contribution is 2.34. The molecule has 0 saturated carbocycles. The predicted molar refractivity (Wildman–Crippen MR) is 97.3 cm³/mol. The molecule has 0 amide bonds. The third-order valence-electron chi connectivity index (χ3n) is 5.53. The Hall–Kier alpha value is -0.910. The molecule has 0 aliphatic carbocycles. The number of quaternary nitrogens is 1. The van der Waals surface area contributed by atoms with Gasteiger partial charge in [-0.15, -0.1) is 0 Å². The highest BCUT2D eigenvalue weighted by molar-refractivity contribution is 5.32. The van der Waals surface area contributed by atoms with E-state index < -0.39 is 0 Å². The van der Waals surface area contributed by atoms with Crippen molar-refractivity contribution in [3.63, 3.8) is 0 Å². The van der Waals surface area contributed by atoms with Crippen LogP contribution in [0.4, 0.5) is 0 Å². The summed E-state index contributed by atoms with van der Waals surface area (Å²) in [5.74, 6) is 0. The summed E-state index contributed by atoms with van der Waals surface area (Å²) in [6.07, 6.45) is 0. The number of benzene rings is 2. The van der Waals surface area contributed by atoms with Gasteiger partial charge in [0.05, 0.1) is 45.3 Å². The Morgan fingerprint density at radius 3 is 1.79 bits per heavy atom. The Bertz CT molecular complexity index is 587. The minimum Gasteiger partial charge on any atom is -1.00 e. The molecule has 1 saturated heterocycles. The Morgan fingerprint density at radius 1 is 0.875 bits per heavy atom. The predicted octanol–water partition coefficient (Wildman–Crippen LogP) is 0.949. The van der Waals surface area contributed by atoms with Crippen molar-refractivity contribution >= 4 is 0 Å². The van der Waals surface area contributed by atoms with E-state index in [4.69, 9.17) is 0 Å². The van der Waals surface area contributed by atoms with Crippen molar-refractivity contribution in [1.82, 2.24) is 4.90 Å². The Balaban J connectivity index is 0.00000208. The van der Waals surface area contributed by atoms with Crippen LogP contribution in [0.2, 0.25) is 0 Å². The number of nitrogens with zero attached hydrogens (tertiary/aromatic N) is 2. The molecule has 3 rings (SSSR count). The highest BCUT2D eigenvalue weighted by atomic mass is 127. The van der Waals surface area contributed by atoms with Gasteiger partial charge in [0.15, 0.2) is 0 Å². The SMILES string of the molecule is CC1C[N+](C)(C)C(C)CN1C(c1ccccc1)c1ccccc1.[I-]. The maximum Gasteiger partial charge on any atom is 0.0987 e. The van der Waals surface area contributed by atoms with Crippen LogP contribution in [0, 0.1) is 0 Å². The molecule has 2 aromatic carbocycles. The fourth-order valence-corrected chi connectivity index (χ4v) is 3.88. The van der Waals surface area contributed by atoms with Crippen LogP contribution in [0.25, 0.3) is 0 Å². The van der Waals surface area contributed by atoms with Crippen LogP contribution in [0.3, 0.4) is 0 Å². The monoisotopic (exact) mass is 436 g/mol. The zero-order valence-corrected chi connectivity index (χ0v) is 17.3. The lowest BCUT2D eigenvalue weighted by Gasteiger charge is -2.50. The molecule has 3 heteroatoms. The van der Waals surface area contributed by atoms with E-state index in [2.05, 4.69) is 93.5 Å². The molecule has 24 heavy (non-hydrogen) atoms. The van der Waals surface area contributed by atoms with Gasteiger partial charge in [-0.25, -0.2) is 0 Å². The second-order valence-corrected chi connectivity index (χ2v) is 7.58. The molecule has 2 atom stereocenters. The minimum absolute atomic E-state index is 0. The molecule has 1 aliphatic heterocycles. The van der Waals surface area contributed by atoms with E-state index in [0.29, 0.717) is 18.1 Å². The van der Waals surface area contributed by atoms with Crippen LogP contribution >= 0.6 is 0 Å². The normalized spacial score (nSPS) is 23.7. The lowest BCUT2D eigenvalue weighted by atomic mass is 9.93. The van der Waals surface area contributed by atoms with Crippen LogP contribution in [0.15, 0.2) is 60.7 Å². The smallest absolute Gasteiger partial charge is 0.0987 e. The van der Waals surface area contributed by atoms with Gasteiger partial charge in [0.2, 0.25) is 0 Å². The molecule has 0 radical (unpaired) electrons. The third-order valence-corrected chi connectivity index (χ3v) is 5.53. The maximum atomic E-state index is 2.69. The van der Waals surface area contributed by atoms with E-state index in [-0.39, 0.29) is 24.0 Å². The van der Waals surface area contributed by atoms with Crippen LogP contribution in [0.1, 0.15) is 31.0 Å². The molecule has 1 aliphatic rings. The van der Waals surface area contributed by atoms with Crippen molar-refractivity contribution in [3.8, 4) is 0 Å². The van der Waals surface area contributed by atoms with Gasteiger partial charge in [-0.3, -0.25) is 4.90 Å². The quantitative estimate of drug-likeness (QED) is 0.512. The molecule has 0 aromatic heterocycles. The van der Waals surface area contributed by atoms with E-state index in [1.54, 1.807) is 0 Å². The maximum absolute atomic E-state index is 2.69. The molecular formula is C21H29IN2. The van der Waals surface area contributed by atoms with Gasteiger partial charge in [-0.1, -0.05) is 60.7 Å². The van der Waals surface area contributed by atoms with Crippen molar-refractivity contribution < 1.29 is 28.5 Å². The van der Waals surface area contributed by atoms with Gasteiger partial charge in [-0.2, -0.15) is 0 Å². The van der Waals surface area contributed by atoms with Crippen LogP contribution in [-0.2, 0) is 0 Å².